The molecule has 0 atom stereocenters. The van der Waals surface area contributed by atoms with Crippen molar-refractivity contribution in [2.75, 3.05) is 5.32 Å². The first kappa shape index (κ1) is 17.1. The van der Waals surface area contributed by atoms with Gasteiger partial charge in [-0.3, -0.25) is 19.7 Å². The molecule has 0 saturated carbocycles. The standard InChI is InChI=1S/C14H11F2N3O5/c15-14(16)24-11-6-2-1-4-9(11)17-12(20)8-18-7-3-5-10(13(18)21)19(22)23/h1-7,14H,8H2,(H,17,20). The molecule has 0 fully saturated rings. The van der Waals surface area contributed by atoms with Gasteiger partial charge in [-0.15, -0.1) is 0 Å². The van der Waals surface area contributed by atoms with Gasteiger partial charge in [-0.1, -0.05) is 12.1 Å². The van der Waals surface area contributed by atoms with Gasteiger partial charge in [0.05, 0.1) is 10.6 Å². The fraction of sp³-hybridized carbons (Fsp3) is 0.143. The summed E-state index contributed by atoms with van der Waals surface area (Å²) in [4.78, 5) is 33.6. The van der Waals surface area contributed by atoms with Crippen molar-refractivity contribution in [3.8, 4) is 5.75 Å². The second kappa shape index (κ2) is 7.31. The Morgan fingerprint density at radius 2 is 2.00 bits per heavy atom. The third-order valence-electron chi connectivity index (χ3n) is 2.89. The quantitative estimate of drug-likeness (QED) is 0.640. The van der Waals surface area contributed by atoms with Gasteiger partial charge in [-0.25, -0.2) is 0 Å². The van der Waals surface area contributed by atoms with Crippen LogP contribution in [0.5, 0.6) is 5.75 Å². The summed E-state index contributed by atoms with van der Waals surface area (Å²) >= 11 is 0. The summed E-state index contributed by atoms with van der Waals surface area (Å²) in [5.74, 6) is -0.977. The molecule has 1 aromatic heterocycles. The average Bonchev–Trinajstić information content (AvgIpc) is 2.50. The Kier molecular flexibility index (Phi) is 5.20. The highest BCUT2D eigenvalue weighted by atomic mass is 19.3. The molecule has 126 valence electrons. The number of carbonyl (C=O) groups excluding carboxylic acids is 1. The molecule has 0 unspecified atom stereocenters. The Bertz CT molecular complexity index is 822. The van der Waals surface area contributed by atoms with Gasteiger partial charge in [0.2, 0.25) is 5.91 Å². The molecule has 0 bridgehead atoms. The Labute approximate surface area is 133 Å². The van der Waals surface area contributed by atoms with Crippen LogP contribution >= 0.6 is 0 Å². The lowest BCUT2D eigenvalue weighted by molar-refractivity contribution is -0.386. The van der Waals surface area contributed by atoms with Gasteiger partial charge in [-0.2, -0.15) is 8.78 Å². The van der Waals surface area contributed by atoms with E-state index >= 15 is 0 Å². The number of aromatic nitrogens is 1. The van der Waals surface area contributed by atoms with Gasteiger partial charge in [0.1, 0.15) is 12.3 Å². The van der Waals surface area contributed by atoms with E-state index in [0.717, 1.165) is 10.6 Å². The molecule has 1 N–H and O–H groups in total. The van der Waals surface area contributed by atoms with Crippen molar-refractivity contribution in [1.29, 1.82) is 0 Å². The number of para-hydroxylation sites is 2. The molecule has 2 rings (SSSR count). The van der Waals surface area contributed by atoms with Crippen LogP contribution in [0.4, 0.5) is 20.2 Å². The highest BCUT2D eigenvalue weighted by molar-refractivity contribution is 5.92. The number of benzene rings is 1. The average molecular weight is 339 g/mol. The predicted molar refractivity (Wildman–Crippen MR) is 79.1 cm³/mol. The van der Waals surface area contributed by atoms with Crippen molar-refractivity contribution in [2.45, 2.75) is 13.2 Å². The summed E-state index contributed by atoms with van der Waals surface area (Å²) in [6, 6.07) is 7.78. The fourth-order valence-corrected chi connectivity index (χ4v) is 1.90. The summed E-state index contributed by atoms with van der Waals surface area (Å²) in [7, 11) is 0. The third-order valence-corrected chi connectivity index (χ3v) is 2.89. The van der Waals surface area contributed by atoms with E-state index in [1.807, 2.05) is 0 Å². The first-order valence-corrected chi connectivity index (χ1v) is 6.56. The van der Waals surface area contributed by atoms with E-state index < -0.39 is 35.2 Å². The van der Waals surface area contributed by atoms with Crippen LogP contribution in [0.2, 0.25) is 0 Å². The summed E-state index contributed by atoms with van der Waals surface area (Å²) in [6.07, 6.45) is 1.20. The van der Waals surface area contributed by atoms with Crippen molar-refractivity contribution in [2.24, 2.45) is 0 Å². The van der Waals surface area contributed by atoms with Crippen LogP contribution in [-0.4, -0.2) is 22.0 Å². The predicted octanol–water partition coefficient (Wildman–Crippen LogP) is 2.00. The lowest BCUT2D eigenvalue weighted by Crippen LogP contribution is -2.28. The van der Waals surface area contributed by atoms with Crippen LogP contribution in [0.25, 0.3) is 0 Å². The maximum absolute atomic E-state index is 12.3. The molecule has 10 heteroatoms. The smallest absolute Gasteiger partial charge is 0.387 e. The second-order valence-electron chi connectivity index (χ2n) is 4.51. The maximum atomic E-state index is 12.3. The Morgan fingerprint density at radius 1 is 1.29 bits per heavy atom. The van der Waals surface area contributed by atoms with Crippen LogP contribution in [0.15, 0.2) is 47.4 Å². The maximum Gasteiger partial charge on any atom is 0.387 e. The van der Waals surface area contributed by atoms with Crippen LogP contribution in [0.3, 0.4) is 0 Å². The van der Waals surface area contributed by atoms with Crippen molar-refractivity contribution >= 4 is 17.3 Å². The van der Waals surface area contributed by atoms with Crippen LogP contribution in [-0.2, 0) is 11.3 Å². The highest BCUT2D eigenvalue weighted by Gasteiger charge is 2.16. The van der Waals surface area contributed by atoms with Crippen molar-refractivity contribution < 1.29 is 23.2 Å². The number of carbonyl (C=O) groups is 1. The minimum Gasteiger partial charge on any atom is -0.433 e. The molecule has 0 radical (unpaired) electrons. The normalized spacial score (nSPS) is 10.5. The number of nitrogens with one attached hydrogen (secondary N) is 1. The second-order valence-corrected chi connectivity index (χ2v) is 4.51. The number of pyridine rings is 1. The summed E-state index contributed by atoms with van der Waals surface area (Å²) in [6.45, 7) is -3.59. The summed E-state index contributed by atoms with van der Waals surface area (Å²) in [5.41, 5.74) is -1.64. The van der Waals surface area contributed by atoms with E-state index in [9.17, 15) is 28.5 Å². The van der Waals surface area contributed by atoms with E-state index in [0.29, 0.717) is 0 Å². The largest absolute Gasteiger partial charge is 0.433 e. The molecular formula is C14H11F2N3O5. The number of anilines is 1. The first-order valence-electron chi connectivity index (χ1n) is 6.56. The molecule has 0 saturated heterocycles. The van der Waals surface area contributed by atoms with E-state index in [1.165, 1.54) is 36.5 Å². The molecule has 1 amide bonds. The fourth-order valence-electron chi connectivity index (χ4n) is 1.90. The van der Waals surface area contributed by atoms with Crippen LogP contribution in [0.1, 0.15) is 0 Å². The molecule has 1 aromatic carbocycles. The lowest BCUT2D eigenvalue weighted by Gasteiger charge is -2.12. The van der Waals surface area contributed by atoms with Crippen LogP contribution in [0, 0.1) is 10.1 Å². The molecular weight excluding hydrogens is 328 g/mol. The number of hydrogen-bond acceptors (Lipinski definition) is 5. The molecule has 0 aliphatic carbocycles. The summed E-state index contributed by atoms with van der Waals surface area (Å²) < 4.78 is 29.7. The minimum atomic E-state index is -3.07. The van der Waals surface area contributed by atoms with Gasteiger partial charge in [0, 0.05) is 12.3 Å². The molecule has 0 spiro atoms. The number of amides is 1. The molecule has 24 heavy (non-hydrogen) atoms. The zero-order chi connectivity index (χ0) is 17.7. The van der Waals surface area contributed by atoms with E-state index in [4.69, 9.17) is 0 Å². The highest BCUT2D eigenvalue weighted by Crippen LogP contribution is 2.25. The van der Waals surface area contributed by atoms with Gasteiger partial charge in [0.15, 0.2) is 0 Å². The van der Waals surface area contributed by atoms with Gasteiger partial charge in [-0.05, 0) is 18.2 Å². The first-order chi connectivity index (χ1) is 11.4. The van der Waals surface area contributed by atoms with E-state index in [-0.39, 0.29) is 11.4 Å². The lowest BCUT2D eigenvalue weighted by atomic mass is 10.3. The number of alkyl halides is 2. The number of nitrogens with zero attached hydrogens (tertiary/aromatic N) is 2. The van der Waals surface area contributed by atoms with E-state index in [1.54, 1.807) is 0 Å². The van der Waals surface area contributed by atoms with Crippen molar-refractivity contribution in [3.63, 3.8) is 0 Å². The number of rotatable bonds is 6. The SMILES string of the molecule is O=C(Cn1cccc([N+](=O)[O-])c1=O)Nc1ccccc1OC(F)F. The van der Waals surface area contributed by atoms with Gasteiger partial charge >= 0.3 is 17.9 Å². The van der Waals surface area contributed by atoms with Crippen LogP contribution < -0.4 is 15.6 Å². The zero-order valence-corrected chi connectivity index (χ0v) is 12.0. The topological polar surface area (TPSA) is 103 Å². The molecule has 0 aliphatic heterocycles. The van der Waals surface area contributed by atoms with Crippen molar-refractivity contribution in [1.82, 2.24) is 4.57 Å². The number of halogens is 2. The Hall–Kier alpha value is -3.30. The van der Waals surface area contributed by atoms with E-state index in [2.05, 4.69) is 10.1 Å². The Balaban J connectivity index is 2.17. The Morgan fingerprint density at radius 3 is 2.67 bits per heavy atom. The summed E-state index contributed by atoms with van der Waals surface area (Å²) in [5, 5.41) is 13.0. The number of ether oxygens (including phenoxy) is 1. The molecule has 2 aromatic rings. The third kappa shape index (κ3) is 4.12. The van der Waals surface area contributed by atoms with Gasteiger partial charge in [0.25, 0.3) is 0 Å². The minimum absolute atomic E-state index is 0.0127. The molecule has 8 nitrogen and oxygen atoms in total. The zero-order valence-electron chi connectivity index (χ0n) is 12.0. The number of nitro groups is 1. The van der Waals surface area contributed by atoms with Gasteiger partial charge < -0.3 is 14.6 Å². The molecule has 1 heterocycles. The molecule has 0 aliphatic rings. The monoisotopic (exact) mass is 339 g/mol. The number of hydrogen-bond donors (Lipinski definition) is 1. The van der Waals surface area contributed by atoms with Crippen molar-refractivity contribution in [3.05, 3.63) is 63.1 Å².